The summed E-state index contributed by atoms with van der Waals surface area (Å²) in [4.78, 5) is 0. The Morgan fingerprint density at radius 3 is 1.86 bits per heavy atom. The van der Waals surface area contributed by atoms with E-state index >= 15 is 0 Å². The minimum Gasteiger partial charge on any atom is -0.126 e. The molecule has 0 aliphatic heterocycles. The first-order valence-electron chi connectivity index (χ1n) is 4.15. The highest BCUT2D eigenvalue weighted by molar-refractivity contribution is 7.64. The van der Waals surface area contributed by atoms with E-state index in [2.05, 4.69) is 25.6 Å². The van der Waals surface area contributed by atoms with Crippen molar-refractivity contribution in [2.45, 2.75) is 13.0 Å². The Labute approximate surface area is 101 Å². The molecule has 4 heteroatoms. The van der Waals surface area contributed by atoms with Crippen LogP contribution in [0.1, 0.15) is 5.56 Å². The lowest BCUT2D eigenvalue weighted by Crippen LogP contribution is -2.05. The van der Waals surface area contributed by atoms with Crippen molar-refractivity contribution in [1.82, 2.24) is 0 Å². The fraction of sp³-hybridized carbons (Fsp3) is 0.200. The van der Waals surface area contributed by atoms with Crippen LogP contribution >= 0.6 is 33.2 Å². The first-order valence-corrected chi connectivity index (χ1v) is 9.39. The van der Waals surface area contributed by atoms with Gasteiger partial charge in [-0.05, 0) is 6.92 Å². The number of rotatable bonds is 2. The van der Waals surface area contributed by atoms with Crippen molar-refractivity contribution >= 4 is 39.2 Å². The highest BCUT2D eigenvalue weighted by Gasteiger charge is 2.21. The van der Waals surface area contributed by atoms with Gasteiger partial charge in [0.05, 0.1) is 0 Å². The van der Waals surface area contributed by atoms with Gasteiger partial charge in [0, 0.05) is 6.04 Å². The number of hydrogen-bond acceptors (Lipinski definition) is 0. The molecule has 0 saturated heterocycles. The average Bonchev–Trinajstić information content (AvgIpc) is 2.04. The molecule has 0 atom stereocenters. The van der Waals surface area contributed by atoms with Gasteiger partial charge >= 0.3 is 6.00 Å². The van der Waals surface area contributed by atoms with Crippen LogP contribution in [-0.2, 0) is 0 Å². The van der Waals surface area contributed by atoms with Crippen LogP contribution in [0.25, 0.3) is 0 Å². The van der Waals surface area contributed by atoms with Crippen LogP contribution < -0.4 is 0 Å². The maximum absolute atomic E-state index is 5.43. The monoisotopic (exact) mass is 266 g/mol. The lowest BCUT2D eigenvalue weighted by Gasteiger charge is -1.99. The Balaban J connectivity index is 0.000000241. The molecule has 0 heterocycles. The molecule has 0 radical (unpaired) electrons. The molecule has 0 aliphatic rings. The molecular weight excluding hydrogens is 255 g/mol. The van der Waals surface area contributed by atoms with Crippen LogP contribution in [0.5, 0.6) is 0 Å². The Morgan fingerprint density at radius 1 is 1.21 bits per heavy atom. The van der Waals surface area contributed by atoms with Gasteiger partial charge in [0.2, 0.25) is 0 Å². The first-order chi connectivity index (χ1) is 6.45. The summed E-state index contributed by atoms with van der Waals surface area (Å²) in [6.07, 6.45) is 1.62. The predicted octanol–water partition coefficient (Wildman–Crippen LogP) is 4.82. The highest BCUT2D eigenvalue weighted by Crippen LogP contribution is 2.24. The van der Waals surface area contributed by atoms with Crippen molar-refractivity contribution in [2.75, 3.05) is 0 Å². The number of benzene rings is 1. The second-order valence-electron chi connectivity index (χ2n) is 2.76. The zero-order chi connectivity index (χ0) is 11.0. The molecular formula is C10H13Cl3Si. The van der Waals surface area contributed by atoms with Gasteiger partial charge in [0.1, 0.15) is 0 Å². The Kier molecular flexibility index (Phi) is 7.38. The quantitative estimate of drug-likeness (QED) is 0.409. The maximum atomic E-state index is 5.43. The number of aryl methyl sites for hydroxylation is 1. The van der Waals surface area contributed by atoms with Gasteiger partial charge in [-0.25, -0.2) is 0 Å². The first kappa shape index (κ1) is 14.0. The minimum atomic E-state index is -2.36. The molecule has 0 nitrogen and oxygen atoms in total. The van der Waals surface area contributed by atoms with Crippen LogP contribution in [-0.4, -0.2) is 6.00 Å². The second kappa shape index (κ2) is 7.35. The topological polar surface area (TPSA) is 0 Å². The third kappa shape index (κ3) is 10.1. The van der Waals surface area contributed by atoms with E-state index in [9.17, 15) is 0 Å². The lowest BCUT2D eigenvalue weighted by atomic mass is 10.2. The van der Waals surface area contributed by atoms with Crippen molar-refractivity contribution in [3.05, 3.63) is 48.6 Å². The molecule has 1 aromatic carbocycles. The number of allylic oxidation sites excluding steroid dienone is 1. The van der Waals surface area contributed by atoms with E-state index in [0.29, 0.717) is 6.04 Å². The van der Waals surface area contributed by atoms with Gasteiger partial charge in [-0.2, -0.15) is 0 Å². The van der Waals surface area contributed by atoms with E-state index in [4.69, 9.17) is 33.2 Å². The Bertz CT molecular complexity index is 254. The molecule has 0 saturated carbocycles. The summed E-state index contributed by atoms with van der Waals surface area (Å²) in [6.45, 7) is 5.51. The number of hydrogen-bond donors (Lipinski definition) is 0. The molecule has 0 aromatic heterocycles. The van der Waals surface area contributed by atoms with E-state index in [1.807, 2.05) is 18.2 Å². The van der Waals surface area contributed by atoms with Crippen molar-refractivity contribution in [3.8, 4) is 0 Å². The molecule has 0 aliphatic carbocycles. The van der Waals surface area contributed by atoms with E-state index in [0.717, 1.165) is 0 Å². The van der Waals surface area contributed by atoms with E-state index < -0.39 is 6.00 Å². The largest absolute Gasteiger partial charge is 0.344 e. The summed E-state index contributed by atoms with van der Waals surface area (Å²) in [6, 6.07) is 8.44. The predicted molar refractivity (Wildman–Crippen MR) is 69.5 cm³/mol. The van der Waals surface area contributed by atoms with Crippen molar-refractivity contribution in [3.63, 3.8) is 0 Å². The smallest absolute Gasteiger partial charge is 0.126 e. The van der Waals surface area contributed by atoms with Crippen LogP contribution in [0, 0.1) is 6.92 Å². The summed E-state index contributed by atoms with van der Waals surface area (Å²) in [5.41, 5.74) is 1.32. The van der Waals surface area contributed by atoms with E-state index in [1.165, 1.54) is 5.56 Å². The summed E-state index contributed by atoms with van der Waals surface area (Å²) in [5, 5.41) is 0. The number of halogens is 3. The fourth-order valence-electron chi connectivity index (χ4n) is 0.698. The SMILES string of the molecule is C=CC[Si](Cl)(Cl)Cl.Cc1ccccc1. The summed E-state index contributed by atoms with van der Waals surface area (Å²) in [5.74, 6) is 0. The van der Waals surface area contributed by atoms with Crippen LogP contribution in [0.2, 0.25) is 6.04 Å². The van der Waals surface area contributed by atoms with Gasteiger partial charge in [-0.15, -0.1) is 39.8 Å². The third-order valence-corrected chi connectivity index (χ3v) is 3.46. The molecule has 0 fully saturated rings. The van der Waals surface area contributed by atoms with Gasteiger partial charge in [0.15, 0.2) is 0 Å². The van der Waals surface area contributed by atoms with Gasteiger partial charge in [-0.1, -0.05) is 42.0 Å². The normalized spacial score (nSPS) is 10.0. The zero-order valence-electron chi connectivity index (χ0n) is 8.01. The molecule has 0 unspecified atom stereocenters. The Morgan fingerprint density at radius 2 is 1.71 bits per heavy atom. The molecule has 0 amide bonds. The lowest BCUT2D eigenvalue weighted by molar-refractivity contribution is 1.48. The van der Waals surface area contributed by atoms with Gasteiger partial charge < -0.3 is 0 Å². The van der Waals surface area contributed by atoms with Crippen LogP contribution in [0.15, 0.2) is 43.0 Å². The van der Waals surface area contributed by atoms with E-state index in [1.54, 1.807) is 6.08 Å². The van der Waals surface area contributed by atoms with Crippen LogP contribution in [0.4, 0.5) is 0 Å². The molecule has 0 spiro atoms. The molecule has 1 rings (SSSR count). The van der Waals surface area contributed by atoms with Crippen molar-refractivity contribution in [2.24, 2.45) is 0 Å². The fourth-order valence-corrected chi connectivity index (χ4v) is 2.01. The molecule has 0 bridgehead atoms. The molecule has 1 aromatic rings. The molecule has 0 N–H and O–H groups in total. The third-order valence-electron chi connectivity index (χ3n) is 1.32. The second-order valence-corrected chi connectivity index (χ2v) is 11.9. The molecule has 14 heavy (non-hydrogen) atoms. The standard InChI is InChI=1S/C7H8.C3H5Cl3Si/c1-7-5-3-2-4-6-7;1-2-3-7(4,5)6/h2-6H,1H3;2H,1,3H2. The minimum absolute atomic E-state index is 0.539. The van der Waals surface area contributed by atoms with Gasteiger partial charge in [0.25, 0.3) is 0 Å². The van der Waals surface area contributed by atoms with Crippen molar-refractivity contribution < 1.29 is 0 Å². The van der Waals surface area contributed by atoms with Crippen molar-refractivity contribution in [1.29, 1.82) is 0 Å². The zero-order valence-corrected chi connectivity index (χ0v) is 11.3. The highest BCUT2D eigenvalue weighted by atomic mass is 35.8. The summed E-state index contributed by atoms with van der Waals surface area (Å²) in [7, 11) is 0. The summed E-state index contributed by atoms with van der Waals surface area (Å²) >= 11 is 16.3. The summed E-state index contributed by atoms with van der Waals surface area (Å²) < 4.78 is 0. The maximum Gasteiger partial charge on any atom is 0.344 e. The van der Waals surface area contributed by atoms with Crippen LogP contribution in [0.3, 0.4) is 0 Å². The van der Waals surface area contributed by atoms with E-state index in [-0.39, 0.29) is 0 Å². The van der Waals surface area contributed by atoms with Gasteiger partial charge in [-0.3, -0.25) is 0 Å². The Hall–Kier alpha value is 0.0469. The average molecular weight is 268 g/mol. The molecule has 78 valence electrons.